The van der Waals surface area contributed by atoms with Crippen molar-refractivity contribution in [3.63, 3.8) is 0 Å². The molecular formula is C14H7F5N2O. The van der Waals surface area contributed by atoms with Crippen LogP contribution in [0, 0.1) is 11.6 Å². The molecule has 0 saturated carbocycles. The van der Waals surface area contributed by atoms with Crippen LogP contribution >= 0.6 is 0 Å². The van der Waals surface area contributed by atoms with Crippen LogP contribution in [0.25, 0.3) is 22.4 Å². The van der Waals surface area contributed by atoms with Gasteiger partial charge in [-0.1, -0.05) is 12.1 Å². The number of hydrogen-bond acceptors (Lipinski definition) is 2. The van der Waals surface area contributed by atoms with Crippen LogP contribution in [0.2, 0.25) is 0 Å². The Morgan fingerprint density at radius 3 is 2.41 bits per heavy atom. The normalized spacial score (nSPS) is 11.9. The molecule has 3 nitrogen and oxygen atoms in total. The number of ether oxygens (including phenoxy) is 1. The molecule has 0 atom stereocenters. The van der Waals surface area contributed by atoms with Gasteiger partial charge in [-0.2, -0.15) is 0 Å². The van der Waals surface area contributed by atoms with Crippen molar-refractivity contribution in [2.24, 2.45) is 0 Å². The number of aromatic amines is 1. The molecule has 2 aromatic carbocycles. The third-order valence-electron chi connectivity index (χ3n) is 2.91. The summed E-state index contributed by atoms with van der Waals surface area (Å²) in [5, 5.41) is 0. The first kappa shape index (κ1) is 14.3. The second-order valence-electron chi connectivity index (χ2n) is 4.39. The van der Waals surface area contributed by atoms with Crippen LogP contribution in [0.15, 0.2) is 36.4 Å². The molecule has 1 N–H and O–H groups in total. The minimum absolute atomic E-state index is 0.0225. The summed E-state index contributed by atoms with van der Waals surface area (Å²) in [5.41, 5.74) is 0.746. The summed E-state index contributed by atoms with van der Waals surface area (Å²) in [6.45, 7) is 0. The highest BCUT2D eigenvalue weighted by Gasteiger charge is 2.35. The second-order valence-corrected chi connectivity index (χ2v) is 4.39. The number of benzene rings is 2. The van der Waals surface area contributed by atoms with E-state index in [-0.39, 0.29) is 11.4 Å². The predicted molar refractivity (Wildman–Crippen MR) is 68.1 cm³/mol. The van der Waals surface area contributed by atoms with Crippen LogP contribution in [-0.2, 0) is 0 Å². The monoisotopic (exact) mass is 314 g/mol. The van der Waals surface area contributed by atoms with Crippen molar-refractivity contribution in [2.75, 3.05) is 0 Å². The summed E-state index contributed by atoms with van der Waals surface area (Å²) in [4.78, 5) is 6.81. The van der Waals surface area contributed by atoms with Crippen molar-refractivity contribution in [1.29, 1.82) is 0 Å². The van der Waals surface area contributed by atoms with E-state index in [1.165, 1.54) is 0 Å². The molecule has 0 aliphatic rings. The highest BCUT2D eigenvalue weighted by Crippen LogP contribution is 2.34. The maximum absolute atomic E-state index is 14.2. The molecule has 0 unspecified atom stereocenters. The summed E-state index contributed by atoms with van der Waals surface area (Å²) < 4.78 is 67.6. The molecule has 0 bridgehead atoms. The Morgan fingerprint density at radius 2 is 1.73 bits per heavy atom. The van der Waals surface area contributed by atoms with Crippen LogP contribution in [0.3, 0.4) is 0 Å². The molecule has 0 saturated heterocycles. The first-order valence-corrected chi connectivity index (χ1v) is 6.04. The maximum Gasteiger partial charge on any atom is 0.573 e. The van der Waals surface area contributed by atoms with E-state index in [4.69, 9.17) is 0 Å². The fourth-order valence-corrected chi connectivity index (χ4v) is 2.01. The summed E-state index contributed by atoms with van der Waals surface area (Å²) in [6, 6.07) is 8.40. The average Bonchev–Trinajstić information content (AvgIpc) is 2.86. The van der Waals surface area contributed by atoms with E-state index < -0.39 is 23.7 Å². The van der Waals surface area contributed by atoms with Gasteiger partial charge in [0.05, 0.1) is 16.6 Å². The van der Waals surface area contributed by atoms with Crippen LogP contribution in [0.1, 0.15) is 0 Å². The van der Waals surface area contributed by atoms with Crippen LogP contribution < -0.4 is 4.74 Å². The lowest BCUT2D eigenvalue weighted by atomic mass is 10.2. The largest absolute Gasteiger partial charge is 0.573 e. The van der Waals surface area contributed by atoms with Crippen LogP contribution in [-0.4, -0.2) is 16.3 Å². The molecule has 0 radical (unpaired) electrons. The Hall–Kier alpha value is -2.64. The number of rotatable bonds is 2. The summed E-state index contributed by atoms with van der Waals surface area (Å²) in [7, 11) is 0. The van der Waals surface area contributed by atoms with Gasteiger partial charge in [0.1, 0.15) is 5.82 Å². The number of nitrogens with zero attached hydrogens (tertiary/aromatic N) is 1. The zero-order valence-electron chi connectivity index (χ0n) is 10.7. The fraction of sp³-hybridized carbons (Fsp3) is 0.0714. The van der Waals surface area contributed by atoms with E-state index in [2.05, 4.69) is 14.7 Å². The van der Waals surface area contributed by atoms with Crippen molar-refractivity contribution in [1.82, 2.24) is 9.97 Å². The van der Waals surface area contributed by atoms with E-state index in [9.17, 15) is 22.0 Å². The molecule has 0 aliphatic carbocycles. The smallest absolute Gasteiger partial charge is 0.399 e. The van der Waals surface area contributed by atoms with Gasteiger partial charge in [0.2, 0.25) is 5.75 Å². The molecule has 0 aliphatic heterocycles. The summed E-state index contributed by atoms with van der Waals surface area (Å²) in [6.07, 6.45) is -5.20. The van der Waals surface area contributed by atoms with Crippen molar-refractivity contribution < 1.29 is 26.7 Å². The van der Waals surface area contributed by atoms with Crippen molar-refractivity contribution >= 4 is 11.0 Å². The van der Waals surface area contributed by atoms with E-state index in [1.807, 2.05) is 0 Å². The molecule has 0 fully saturated rings. The molecule has 0 spiro atoms. The number of aromatic nitrogens is 2. The minimum atomic E-state index is -5.20. The molecular weight excluding hydrogens is 307 g/mol. The standard InChI is InChI=1S/C14H7F5N2O/c15-8-6-5-7(11(16)12(8)22-14(17,18)19)13-20-9-3-1-2-4-10(9)21-13/h1-6H,(H,20,21). The first-order chi connectivity index (χ1) is 10.3. The van der Waals surface area contributed by atoms with Crippen LogP contribution in [0.4, 0.5) is 22.0 Å². The minimum Gasteiger partial charge on any atom is -0.399 e. The SMILES string of the molecule is Fc1ccc(-c2nc3ccccc3[nH]2)c(F)c1OC(F)(F)F. The Kier molecular flexibility index (Phi) is 3.23. The molecule has 8 heteroatoms. The Labute approximate surface area is 120 Å². The Morgan fingerprint density at radius 1 is 1.00 bits per heavy atom. The molecule has 114 valence electrons. The Balaban J connectivity index is 2.13. The van der Waals surface area contributed by atoms with Gasteiger partial charge >= 0.3 is 6.36 Å². The maximum atomic E-state index is 14.2. The molecule has 0 amide bonds. The number of halogens is 5. The number of alkyl halides is 3. The van der Waals surface area contributed by atoms with Crippen molar-refractivity contribution in [3.8, 4) is 17.1 Å². The topological polar surface area (TPSA) is 37.9 Å². The van der Waals surface area contributed by atoms with Gasteiger partial charge in [-0.05, 0) is 24.3 Å². The number of imidazole rings is 1. The molecule has 3 aromatic rings. The number of hydrogen-bond donors (Lipinski definition) is 1. The van der Waals surface area contributed by atoms with Gasteiger partial charge in [0.15, 0.2) is 11.6 Å². The van der Waals surface area contributed by atoms with Gasteiger partial charge in [-0.25, -0.2) is 13.8 Å². The van der Waals surface area contributed by atoms with Gasteiger partial charge in [-0.15, -0.1) is 13.2 Å². The van der Waals surface area contributed by atoms with Gasteiger partial charge in [0.25, 0.3) is 0 Å². The number of para-hydroxylation sites is 2. The fourth-order valence-electron chi connectivity index (χ4n) is 2.01. The van der Waals surface area contributed by atoms with E-state index in [0.29, 0.717) is 17.1 Å². The lowest BCUT2D eigenvalue weighted by molar-refractivity contribution is -0.276. The highest BCUT2D eigenvalue weighted by atomic mass is 19.4. The lowest BCUT2D eigenvalue weighted by Gasteiger charge is -2.12. The van der Waals surface area contributed by atoms with Crippen molar-refractivity contribution in [2.45, 2.75) is 6.36 Å². The number of fused-ring (bicyclic) bond motifs is 1. The van der Waals surface area contributed by atoms with E-state index in [0.717, 1.165) is 6.07 Å². The highest BCUT2D eigenvalue weighted by molar-refractivity contribution is 5.79. The Bertz CT molecular complexity index is 808. The van der Waals surface area contributed by atoms with Gasteiger partial charge in [-0.3, -0.25) is 0 Å². The van der Waals surface area contributed by atoms with Gasteiger partial charge < -0.3 is 9.72 Å². The molecule has 22 heavy (non-hydrogen) atoms. The van der Waals surface area contributed by atoms with E-state index in [1.54, 1.807) is 24.3 Å². The molecule has 3 rings (SSSR count). The molecule has 1 aromatic heterocycles. The zero-order chi connectivity index (χ0) is 15.9. The lowest BCUT2D eigenvalue weighted by Crippen LogP contribution is -2.19. The predicted octanol–water partition coefficient (Wildman–Crippen LogP) is 4.41. The number of H-pyrrole nitrogens is 1. The summed E-state index contributed by atoms with van der Waals surface area (Å²) >= 11 is 0. The van der Waals surface area contributed by atoms with Crippen LogP contribution in [0.5, 0.6) is 5.75 Å². The summed E-state index contributed by atoms with van der Waals surface area (Å²) in [5.74, 6) is -4.46. The quantitative estimate of drug-likeness (QED) is 0.712. The van der Waals surface area contributed by atoms with Gasteiger partial charge in [0, 0.05) is 0 Å². The molecule has 1 heterocycles. The second kappa shape index (κ2) is 4.97. The number of nitrogens with one attached hydrogen (secondary N) is 1. The van der Waals surface area contributed by atoms with E-state index >= 15 is 0 Å². The first-order valence-electron chi connectivity index (χ1n) is 6.04. The zero-order valence-corrected chi connectivity index (χ0v) is 10.7. The third kappa shape index (κ3) is 2.59. The third-order valence-corrected chi connectivity index (χ3v) is 2.91. The average molecular weight is 314 g/mol. The van der Waals surface area contributed by atoms with Crippen molar-refractivity contribution in [3.05, 3.63) is 48.0 Å².